The van der Waals surface area contributed by atoms with Crippen molar-refractivity contribution in [2.75, 3.05) is 0 Å². The Morgan fingerprint density at radius 3 is 2.64 bits per heavy atom. The average molecular weight is 382 g/mol. The van der Waals surface area contributed by atoms with Crippen molar-refractivity contribution in [3.63, 3.8) is 0 Å². The summed E-state index contributed by atoms with van der Waals surface area (Å²) in [7, 11) is 0. The number of nitrogens with zero attached hydrogens (tertiary/aromatic N) is 2. The summed E-state index contributed by atoms with van der Waals surface area (Å²) in [5.74, 6) is -0.935. The molecule has 1 aromatic rings. The molecule has 2 amide bonds. The van der Waals surface area contributed by atoms with E-state index in [4.69, 9.17) is 0 Å². The standard InChI is InChI=1S/C22H26N2O4/c1-14(25)23-11-10-15-6-2-4-8-17(15)19(23)13-21(26)24-18-9-5-3-7-16(18)12-20(24)22(27)28/h2,4,6,8,10-11,16,18-20H,3,5,7,9,12-13H2,1H3,(H,27,28)/t16-,18+,19-,20-/m0/s1. The van der Waals surface area contributed by atoms with Gasteiger partial charge in [-0.3, -0.25) is 9.59 Å². The molecular weight excluding hydrogens is 356 g/mol. The van der Waals surface area contributed by atoms with Crippen molar-refractivity contribution in [3.8, 4) is 0 Å². The van der Waals surface area contributed by atoms with E-state index in [2.05, 4.69) is 0 Å². The van der Waals surface area contributed by atoms with Crippen molar-refractivity contribution in [1.82, 2.24) is 9.80 Å². The van der Waals surface area contributed by atoms with Gasteiger partial charge in [-0.25, -0.2) is 4.79 Å². The van der Waals surface area contributed by atoms with Crippen molar-refractivity contribution in [3.05, 3.63) is 41.6 Å². The van der Waals surface area contributed by atoms with E-state index in [1.54, 1.807) is 16.0 Å². The van der Waals surface area contributed by atoms with Crippen molar-refractivity contribution in [1.29, 1.82) is 0 Å². The minimum absolute atomic E-state index is 0.0162. The smallest absolute Gasteiger partial charge is 0.326 e. The van der Waals surface area contributed by atoms with Crippen LogP contribution in [-0.2, 0) is 14.4 Å². The predicted molar refractivity (Wildman–Crippen MR) is 104 cm³/mol. The Balaban J connectivity index is 1.63. The molecule has 1 aromatic carbocycles. The minimum Gasteiger partial charge on any atom is -0.480 e. The first-order chi connectivity index (χ1) is 13.5. The number of fused-ring (bicyclic) bond motifs is 2. The molecular formula is C22H26N2O4. The Bertz CT molecular complexity index is 834. The zero-order chi connectivity index (χ0) is 19.8. The highest BCUT2D eigenvalue weighted by atomic mass is 16.4. The molecule has 3 aliphatic rings. The van der Waals surface area contributed by atoms with E-state index in [1.165, 1.54) is 6.92 Å². The topological polar surface area (TPSA) is 77.9 Å². The van der Waals surface area contributed by atoms with Gasteiger partial charge in [0.05, 0.1) is 12.5 Å². The Labute approximate surface area is 164 Å². The van der Waals surface area contributed by atoms with E-state index in [-0.39, 0.29) is 30.2 Å². The zero-order valence-electron chi connectivity index (χ0n) is 16.1. The summed E-state index contributed by atoms with van der Waals surface area (Å²) in [6.07, 6.45) is 8.26. The molecule has 1 aliphatic carbocycles. The molecule has 0 aromatic heterocycles. The second-order valence-corrected chi connectivity index (χ2v) is 8.09. The molecule has 0 unspecified atom stereocenters. The van der Waals surface area contributed by atoms with Crippen LogP contribution in [0.3, 0.4) is 0 Å². The maximum atomic E-state index is 13.4. The summed E-state index contributed by atoms with van der Waals surface area (Å²) in [5.41, 5.74) is 1.92. The maximum absolute atomic E-state index is 13.4. The minimum atomic E-state index is -0.921. The fourth-order valence-electron chi connectivity index (χ4n) is 5.22. The third-order valence-corrected chi connectivity index (χ3v) is 6.50. The van der Waals surface area contributed by atoms with Gasteiger partial charge in [-0.1, -0.05) is 37.1 Å². The van der Waals surface area contributed by atoms with Crippen LogP contribution >= 0.6 is 0 Å². The van der Waals surface area contributed by atoms with Crippen LogP contribution in [0.4, 0.5) is 0 Å². The van der Waals surface area contributed by atoms with Crippen LogP contribution in [0.25, 0.3) is 6.08 Å². The number of amides is 2. The van der Waals surface area contributed by atoms with Crippen molar-refractivity contribution < 1.29 is 19.5 Å². The molecule has 28 heavy (non-hydrogen) atoms. The third-order valence-electron chi connectivity index (χ3n) is 6.50. The summed E-state index contributed by atoms with van der Waals surface area (Å²) in [6.45, 7) is 1.49. The number of carbonyl (C=O) groups excluding carboxylic acids is 2. The molecule has 148 valence electrons. The molecule has 0 bridgehead atoms. The molecule has 6 heteroatoms. The van der Waals surface area contributed by atoms with Crippen LogP contribution in [0.2, 0.25) is 0 Å². The highest BCUT2D eigenvalue weighted by Crippen LogP contribution is 2.41. The number of rotatable bonds is 3. The molecule has 6 nitrogen and oxygen atoms in total. The quantitative estimate of drug-likeness (QED) is 0.871. The lowest BCUT2D eigenvalue weighted by Gasteiger charge is -2.37. The van der Waals surface area contributed by atoms with E-state index >= 15 is 0 Å². The predicted octanol–water partition coefficient (Wildman–Crippen LogP) is 3.19. The molecule has 4 rings (SSSR count). The summed E-state index contributed by atoms with van der Waals surface area (Å²) >= 11 is 0. The van der Waals surface area contributed by atoms with Gasteiger partial charge in [-0.05, 0) is 42.4 Å². The molecule has 2 fully saturated rings. The van der Waals surface area contributed by atoms with Gasteiger partial charge in [0.1, 0.15) is 6.04 Å². The monoisotopic (exact) mass is 382 g/mol. The lowest BCUT2D eigenvalue weighted by molar-refractivity contribution is -0.150. The molecule has 0 radical (unpaired) electrons. The number of carboxylic acids is 1. The third kappa shape index (κ3) is 3.21. The SMILES string of the molecule is CC(=O)N1C=Cc2ccccc2[C@@H]1CC(=O)N1[C@@H]2CCCC[C@H]2C[C@H]1C(=O)O. The zero-order valence-corrected chi connectivity index (χ0v) is 16.1. The van der Waals surface area contributed by atoms with Gasteiger partial charge in [-0.2, -0.15) is 0 Å². The highest BCUT2D eigenvalue weighted by Gasteiger charge is 2.48. The number of hydrogen-bond donors (Lipinski definition) is 1. The molecule has 1 N–H and O–H groups in total. The lowest BCUT2D eigenvalue weighted by atomic mass is 9.84. The first-order valence-corrected chi connectivity index (χ1v) is 10.1. The lowest BCUT2D eigenvalue weighted by Crippen LogP contribution is -2.47. The second kappa shape index (κ2) is 7.41. The molecule has 1 saturated carbocycles. The number of benzene rings is 1. The van der Waals surface area contributed by atoms with Crippen LogP contribution in [0.1, 0.15) is 62.6 Å². The second-order valence-electron chi connectivity index (χ2n) is 8.09. The maximum Gasteiger partial charge on any atom is 0.326 e. The van der Waals surface area contributed by atoms with Gasteiger partial charge in [0.15, 0.2) is 0 Å². The van der Waals surface area contributed by atoms with Gasteiger partial charge < -0.3 is 14.9 Å². The van der Waals surface area contributed by atoms with E-state index in [0.717, 1.165) is 36.8 Å². The summed E-state index contributed by atoms with van der Waals surface area (Å²) in [6, 6.07) is 6.61. The van der Waals surface area contributed by atoms with E-state index in [1.807, 2.05) is 30.3 Å². The van der Waals surface area contributed by atoms with Crippen LogP contribution < -0.4 is 0 Å². The Hall–Kier alpha value is -2.63. The number of carbonyl (C=O) groups is 3. The Morgan fingerprint density at radius 1 is 1.14 bits per heavy atom. The van der Waals surface area contributed by atoms with Crippen molar-refractivity contribution >= 4 is 23.9 Å². The van der Waals surface area contributed by atoms with Crippen LogP contribution in [0.5, 0.6) is 0 Å². The molecule has 0 spiro atoms. The number of hydrogen-bond acceptors (Lipinski definition) is 3. The van der Waals surface area contributed by atoms with Gasteiger partial charge in [0.2, 0.25) is 11.8 Å². The Morgan fingerprint density at radius 2 is 1.89 bits per heavy atom. The highest BCUT2D eigenvalue weighted by molar-refractivity contribution is 5.86. The van der Waals surface area contributed by atoms with Crippen LogP contribution in [0, 0.1) is 5.92 Å². The van der Waals surface area contributed by atoms with E-state index in [0.29, 0.717) is 6.42 Å². The fourth-order valence-corrected chi connectivity index (χ4v) is 5.22. The van der Waals surface area contributed by atoms with Gasteiger partial charge in [0, 0.05) is 19.2 Å². The van der Waals surface area contributed by atoms with Crippen LogP contribution in [0.15, 0.2) is 30.5 Å². The molecule has 1 saturated heterocycles. The summed E-state index contributed by atoms with van der Waals surface area (Å²) in [5, 5.41) is 9.71. The van der Waals surface area contributed by atoms with E-state index < -0.39 is 18.1 Å². The first kappa shape index (κ1) is 18.7. The molecule has 2 aliphatic heterocycles. The summed E-state index contributed by atoms with van der Waals surface area (Å²) in [4.78, 5) is 40.6. The van der Waals surface area contributed by atoms with Crippen LogP contribution in [-0.4, -0.2) is 44.8 Å². The van der Waals surface area contributed by atoms with Gasteiger partial charge in [-0.15, -0.1) is 0 Å². The van der Waals surface area contributed by atoms with Crippen molar-refractivity contribution in [2.45, 2.75) is 63.6 Å². The number of aliphatic carboxylic acids is 1. The van der Waals surface area contributed by atoms with E-state index in [9.17, 15) is 19.5 Å². The van der Waals surface area contributed by atoms with Crippen molar-refractivity contribution in [2.24, 2.45) is 5.92 Å². The van der Waals surface area contributed by atoms with Gasteiger partial charge >= 0.3 is 5.97 Å². The Kier molecular flexibility index (Phi) is 4.96. The summed E-state index contributed by atoms with van der Waals surface area (Å²) < 4.78 is 0. The largest absolute Gasteiger partial charge is 0.480 e. The molecule has 2 heterocycles. The normalized spacial score (nSPS) is 28.6. The number of likely N-dealkylation sites (tertiary alicyclic amines) is 1. The van der Waals surface area contributed by atoms with Gasteiger partial charge in [0.25, 0.3) is 0 Å². The molecule has 4 atom stereocenters. The number of carboxylic acid groups (broad SMARTS) is 1. The first-order valence-electron chi connectivity index (χ1n) is 10.1. The fraction of sp³-hybridized carbons (Fsp3) is 0.500. The average Bonchev–Trinajstić information content (AvgIpc) is 3.08.